The Balaban J connectivity index is 2.08. The van der Waals surface area contributed by atoms with Gasteiger partial charge in [0, 0.05) is 12.2 Å². The predicted molar refractivity (Wildman–Crippen MR) is 98.8 cm³/mol. The second-order valence-corrected chi connectivity index (χ2v) is 8.16. The topological polar surface area (TPSA) is 68.3 Å². The Bertz CT molecular complexity index is 700. The maximum Gasteiger partial charge on any atom is 0.407 e. The van der Waals surface area contributed by atoms with Crippen molar-refractivity contribution in [1.82, 2.24) is 10.3 Å². The van der Waals surface area contributed by atoms with E-state index < -0.39 is 22.5 Å². The zero-order valence-electron chi connectivity index (χ0n) is 14.8. The fourth-order valence-corrected chi connectivity index (χ4v) is 3.42. The van der Waals surface area contributed by atoms with Gasteiger partial charge in [-0.05, 0) is 44.9 Å². The Kier molecular flexibility index (Phi) is 6.70. The number of hydrogen-bond donors (Lipinski definition) is 1. The number of aromatic nitrogens is 1. The standard InChI is InChI=1S/C19H24N2O3S/c1-19(2,3)24-18(22)21-16(13-15-9-5-4-6-10-15)14-25(23)17-11-7-8-12-20-17/h4-12,16H,13-14H2,1-3H3,(H,21,22)/t16-,25+/m0/s1. The molecule has 0 bridgehead atoms. The molecule has 134 valence electrons. The fourth-order valence-electron chi connectivity index (χ4n) is 2.27. The Labute approximate surface area is 151 Å². The number of alkyl carbamates (subject to hydrolysis) is 1. The van der Waals surface area contributed by atoms with Gasteiger partial charge in [-0.3, -0.25) is 4.21 Å². The molecule has 0 saturated heterocycles. The second kappa shape index (κ2) is 8.76. The molecule has 0 unspecified atom stereocenters. The molecule has 1 aromatic carbocycles. The van der Waals surface area contributed by atoms with Gasteiger partial charge in [0.2, 0.25) is 0 Å². The van der Waals surface area contributed by atoms with Crippen molar-refractivity contribution >= 4 is 16.9 Å². The van der Waals surface area contributed by atoms with Crippen molar-refractivity contribution in [3.63, 3.8) is 0 Å². The summed E-state index contributed by atoms with van der Waals surface area (Å²) in [5.41, 5.74) is 0.475. The zero-order valence-corrected chi connectivity index (χ0v) is 15.6. The number of pyridine rings is 1. The monoisotopic (exact) mass is 360 g/mol. The van der Waals surface area contributed by atoms with Gasteiger partial charge in [0.25, 0.3) is 0 Å². The van der Waals surface area contributed by atoms with Gasteiger partial charge in [-0.25, -0.2) is 9.78 Å². The number of hydrogen-bond acceptors (Lipinski definition) is 4. The number of benzene rings is 1. The van der Waals surface area contributed by atoms with Gasteiger partial charge in [-0.15, -0.1) is 0 Å². The summed E-state index contributed by atoms with van der Waals surface area (Å²) in [4.78, 5) is 16.3. The van der Waals surface area contributed by atoms with Crippen LogP contribution in [0.5, 0.6) is 0 Å². The van der Waals surface area contributed by atoms with E-state index in [-0.39, 0.29) is 11.8 Å². The molecule has 1 heterocycles. The van der Waals surface area contributed by atoms with E-state index in [1.807, 2.05) is 51.1 Å². The van der Waals surface area contributed by atoms with Crippen LogP contribution in [0.2, 0.25) is 0 Å². The van der Waals surface area contributed by atoms with Crippen molar-refractivity contribution in [3.05, 3.63) is 60.3 Å². The van der Waals surface area contributed by atoms with Crippen LogP contribution in [-0.4, -0.2) is 32.7 Å². The number of carbonyl (C=O) groups is 1. The van der Waals surface area contributed by atoms with Crippen molar-refractivity contribution < 1.29 is 13.7 Å². The summed E-state index contributed by atoms with van der Waals surface area (Å²) < 4.78 is 17.9. The molecule has 0 fully saturated rings. The van der Waals surface area contributed by atoms with Crippen LogP contribution < -0.4 is 5.32 Å². The van der Waals surface area contributed by atoms with Crippen LogP contribution in [0.1, 0.15) is 26.3 Å². The molecule has 2 rings (SSSR count). The fraction of sp³-hybridized carbons (Fsp3) is 0.368. The van der Waals surface area contributed by atoms with Gasteiger partial charge in [0.1, 0.15) is 10.6 Å². The van der Waals surface area contributed by atoms with Crippen LogP contribution in [0.15, 0.2) is 59.8 Å². The highest BCUT2D eigenvalue weighted by molar-refractivity contribution is 7.85. The lowest BCUT2D eigenvalue weighted by atomic mass is 10.1. The molecule has 0 spiro atoms. The van der Waals surface area contributed by atoms with Crippen LogP contribution >= 0.6 is 0 Å². The number of nitrogens with zero attached hydrogens (tertiary/aromatic N) is 1. The van der Waals surface area contributed by atoms with E-state index in [2.05, 4.69) is 10.3 Å². The van der Waals surface area contributed by atoms with Crippen LogP contribution in [0.4, 0.5) is 4.79 Å². The molecule has 0 aliphatic heterocycles. The van der Waals surface area contributed by atoms with Crippen LogP contribution in [0.3, 0.4) is 0 Å². The molecular formula is C19H24N2O3S. The average molecular weight is 360 g/mol. The van der Waals surface area contributed by atoms with Gasteiger partial charge in [0.15, 0.2) is 0 Å². The Morgan fingerprint density at radius 3 is 2.44 bits per heavy atom. The number of nitrogens with one attached hydrogen (secondary N) is 1. The van der Waals surface area contributed by atoms with E-state index >= 15 is 0 Å². The molecule has 2 aromatic rings. The minimum absolute atomic E-state index is 0.269. The van der Waals surface area contributed by atoms with E-state index in [0.717, 1.165) is 5.56 Å². The molecule has 6 heteroatoms. The third-order valence-electron chi connectivity index (χ3n) is 3.27. The van der Waals surface area contributed by atoms with E-state index in [1.54, 1.807) is 24.4 Å². The highest BCUT2D eigenvalue weighted by Crippen LogP contribution is 2.11. The summed E-state index contributed by atoms with van der Waals surface area (Å²) in [6, 6.07) is 14.8. The van der Waals surface area contributed by atoms with Gasteiger partial charge in [0.05, 0.1) is 16.6 Å². The molecule has 25 heavy (non-hydrogen) atoms. The smallest absolute Gasteiger partial charge is 0.407 e. The first-order valence-corrected chi connectivity index (χ1v) is 9.48. The highest BCUT2D eigenvalue weighted by atomic mass is 32.2. The Hall–Kier alpha value is -2.21. The molecule has 0 aliphatic rings. The minimum Gasteiger partial charge on any atom is -0.444 e. The van der Waals surface area contributed by atoms with E-state index in [9.17, 15) is 9.00 Å². The largest absolute Gasteiger partial charge is 0.444 e. The molecule has 0 radical (unpaired) electrons. The molecule has 1 N–H and O–H groups in total. The number of carbonyl (C=O) groups excluding carboxylic acids is 1. The van der Waals surface area contributed by atoms with E-state index in [0.29, 0.717) is 11.4 Å². The molecule has 1 aromatic heterocycles. The summed E-state index contributed by atoms with van der Waals surface area (Å²) in [7, 11) is -1.31. The lowest BCUT2D eigenvalue weighted by Gasteiger charge is -2.23. The van der Waals surface area contributed by atoms with Crippen LogP contribution in [0.25, 0.3) is 0 Å². The third kappa shape index (κ3) is 7.05. The van der Waals surface area contributed by atoms with Crippen molar-refractivity contribution in [2.24, 2.45) is 0 Å². The average Bonchev–Trinajstić information content (AvgIpc) is 2.54. The zero-order chi connectivity index (χ0) is 18.3. The number of ether oxygens (including phenoxy) is 1. The first-order chi connectivity index (χ1) is 11.8. The Morgan fingerprint density at radius 2 is 1.84 bits per heavy atom. The maximum absolute atomic E-state index is 12.6. The first kappa shape index (κ1) is 19.1. The normalized spacial score (nSPS) is 13.7. The molecule has 2 atom stereocenters. The van der Waals surface area contributed by atoms with Gasteiger partial charge < -0.3 is 10.1 Å². The van der Waals surface area contributed by atoms with Crippen LogP contribution in [0, 0.1) is 0 Å². The lowest BCUT2D eigenvalue weighted by molar-refractivity contribution is 0.0509. The number of rotatable bonds is 6. The third-order valence-corrected chi connectivity index (χ3v) is 4.68. The SMILES string of the molecule is CC(C)(C)OC(=O)N[C@@H](Cc1ccccc1)C[S@@](=O)c1ccccn1. The van der Waals surface area contributed by atoms with Crippen molar-refractivity contribution in [3.8, 4) is 0 Å². The van der Waals surface area contributed by atoms with Crippen molar-refractivity contribution in [2.45, 2.75) is 43.9 Å². The van der Waals surface area contributed by atoms with Crippen LogP contribution in [-0.2, 0) is 22.0 Å². The summed E-state index contributed by atoms with van der Waals surface area (Å²) in [5, 5.41) is 3.35. The molecule has 5 nitrogen and oxygen atoms in total. The minimum atomic E-state index is -1.31. The van der Waals surface area contributed by atoms with Gasteiger partial charge in [-0.2, -0.15) is 0 Å². The summed E-state index contributed by atoms with van der Waals surface area (Å²) in [6.45, 7) is 5.43. The summed E-state index contributed by atoms with van der Waals surface area (Å²) in [6.07, 6.45) is 1.67. The maximum atomic E-state index is 12.6. The highest BCUT2D eigenvalue weighted by Gasteiger charge is 2.22. The first-order valence-electron chi connectivity index (χ1n) is 8.16. The molecule has 1 amide bonds. The van der Waals surface area contributed by atoms with Gasteiger partial charge in [-0.1, -0.05) is 36.4 Å². The second-order valence-electron chi connectivity index (χ2n) is 6.71. The van der Waals surface area contributed by atoms with Crippen molar-refractivity contribution in [1.29, 1.82) is 0 Å². The quantitative estimate of drug-likeness (QED) is 0.858. The van der Waals surface area contributed by atoms with Gasteiger partial charge >= 0.3 is 6.09 Å². The number of amides is 1. The lowest BCUT2D eigenvalue weighted by Crippen LogP contribution is -2.43. The molecular weight excluding hydrogens is 336 g/mol. The molecule has 0 aliphatic carbocycles. The Morgan fingerprint density at radius 1 is 1.16 bits per heavy atom. The summed E-state index contributed by atoms with van der Waals surface area (Å²) in [5.74, 6) is 0.269. The van der Waals surface area contributed by atoms with E-state index in [4.69, 9.17) is 4.74 Å². The molecule has 0 saturated carbocycles. The van der Waals surface area contributed by atoms with E-state index in [1.165, 1.54) is 0 Å². The summed E-state index contributed by atoms with van der Waals surface area (Å²) >= 11 is 0. The predicted octanol–water partition coefficient (Wildman–Crippen LogP) is 3.33. The van der Waals surface area contributed by atoms with Crippen molar-refractivity contribution in [2.75, 3.05) is 5.75 Å².